The lowest BCUT2D eigenvalue weighted by Crippen LogP contribution is -2.59. The molecule has 4 N–H and O–H groups in total. The number of sulfonamides is 1. The lowest BCUT2D eigenvalue weighted by molar-refractivity contribution is -0.263. The van der Waals surface area contributed by atoms with Gasteiger partial charge in [0.15, 0.2) is 5.78 Å². The highest BCUT2D eigenvalue weighted by Gasteiger charge is 2.52. The summed E-state index contributed by atoms with van der Waals surface area (Å²) >= 11 is 0. The lowest BCUT2D eigenvalue weighted by atomic mass is 9.78. The minimum absolute atomic E-state index is 0.0139. The van der Waals surface area contributed by atoms with Crippen LogP contribution < -0.4 is 4.72 Å². The van der Waals surface area contributed by atoms with Crippen LogP contribution in [0.3, 0.4) is 0 Å². The van der Waals surface area contributed by atoms with E-state index >= 15 is 0 Å². The van der Waals surface area contributed by atoms with E-state index in [9.17, 15) is 47.7 Å². The number of allylic oxidation sites excluding steroid dienone is 6. The van der Waals surface area contributed by atoms with E-state index < -0.39 is 100 Å². The number of aliphatic hydroxyl groups excluding tert-OH is 2. The number of fused-ring (bicyclic) bond motifs is 2. The summed E-state index contributed by atoms with van der Waals surface area (Å²) in [7, 11) is 0.265. The van der Waals surface area contributed by atoms with Crippen LogP contribution in [-0.4, -0.2) is 152 Å². The fraction of sp³-hybridized carbons (Fsp3) is 0.750. The number of likely N-dealkylation sites (N-methyl/N-ethyl adjacent to an activating group) is 1. The SMILES string of the molecule is COC1C(=O)C(C)CC\C=C/C=C\C=C(\C)C(NS(=O)(=O)CCO)C[C@H]2CC[C@H](C)[C@](O)(O2)C(=O)C(=O)N(C)C(C)C(=O)OC([C@H](C)C[C@@H]2CC[C@@H](OC3CC3)[C@H](OC)C2)CC(=O)C(C)/C=C(/C)C1O. The number of Topliss-reactive ketones (excluding diaryl/α,β-unsaturated/α-hetero) is 3. The maximum atomic E-state index is 14.1. The second-order valence-corrected chi connectivity index (χ2v) is 22.2. The first-order valence-corrected chi connectivity index (χ1v) is 26.8. The third kappa shape index (κ3) is 16.5. The fourth-order valence-electron chi connectivity index (χ4n) is 9.62. The molecule has 0 radical (unpaired) electrons. The first-order chi connectivity index (χ1) is 33.0. The number of ketones is 3. The smallest absolute Gasteiger partial charge is 0.328 e. The maximum Gasteiger partial charge on any atom is 0.328 e. The third-order valence-electron chi connectivity index (χ3n) is 14.7. The lowest BCUT2D eigenvalue weighted by Gasteiger charge is -2.42. The molecular formula is C52H82N2O15S. The number of methoxy groups -OCH3 is 2. The fourth-order valence-corrected chi connectivity index (χ4v) is 10.7. The summed E-state index contributed by atoms with van der Waals surface area (Å²) in [6, 6.07) is -2.25. The largest absolute Gasteiger partial charge is 0.460 e. The van der Waals surface area contributed by atoms with E-state index in [1.54, 1.807) is 72.1 Å². The molecule has 2 heterocycles. The van der Waals surface area contributed by atoms with Crippen molar-refractivity contribution in [1.29, 1.82) is 0 Å². The molecule has 0 aromatic carbocycles. The molecule has 2 aliphatic carbocycles. The van der Waals surface area contributed by atoms with Crippen LogP contribution in [0.5, 0.6) is 0 Å². The highest BCUT2D eigenvalue weighted by molar-refractivity contribution is 7.89. The van der Waals surface area contributed by atoms with Crippen molar-refractivity contribution in [2.45, 2.75) is 186 Å². The van der Waals surface area contributed by atoms with E-state index in [0.717, 1.165) is 30.6 Å². The molecule has 14 atom stereocenters. The zero-order valence-electron chi connectivity index (χ0n) is 43.0. The van der Waals surface area contributed by atoms with E-state index in [1.165, 1.54) is 21.1 Å². The van der Waals surface area contributed by atoms with Gasteiger partial charge in [0.05, 0.1) is 36.8 Å². The van der Waals surface area contributed by atoms with Crippen molar-refractivity contribution in [2.24, 2.45) is 29.6 Å². The molecule has 2 aliphatic heterocycles. The second-order valence-electron chi connectivity index (χ2n) is 20.4. The highest BCUT2D eigenvalue weighted by Crippen LogP contribution is 2.38. The van der Waals surface area contributed by atoms with Crippen molar-refractivity contribution in [3.8, 4) is 0 Å². The van der Waals surface area contributed by atoms with Crippen LogP contribution in [0.4, 0.5) is 0 Å². The summed E-state index contributed by atoms with van der Waals surface area (Å²) < 4.78 is 58.3. The highest BCUT2D eigenvalue weighted by atomic mass is 32.2. The average Bonchev–Trinajstić information content (AvgIpc) is 4.14. The number of esters is 1. The van der Waals surface area contributed by atoms with Gasteiger partial charge in [0.1, 0.15) is 30.1 Å². The van der Waals surface area contributed by atoms with E-state index in [0.29, 0.717) is 43.3 Å². The van der Waals surface area contributed by atoms with Gasteiger partial charge in [0, 0.05) is 51.5 Å². The summed E-state index contributed by atoms with van der Waals surface area (Å²) in [6.07, 6.45) is 12.4. The number of hydrogen-bond acceptors (Lipinski definition) is 15. The Morgan fingerprint density at radius 1 is 0.900 bits per heavy atom. The van der Waals surface area contributed by atoms with E-state index in [1.807, 2.05) is 13.0 Å². The van der Waals surface area contributed by atoms with Gasteiger partial charge in [-0.25, -0.2) is 17.9 Å². The maximum absolute atomic E-state index is 14.1. The van der Waals surface area contributed by atoms with Crippen LogP contribution in [0.2, 0.25) is 0 Å². The number of nitrogens with one attached hydrogen (secondary N) is 1. The Kier molecular flexibility index (Phi) is 22.8. The van der Waals surface area contributed by atoms with E-state index in [2.05, 4.69) is 4.72 Å². The van der Waals surface area contributed by atoms with Crippen LogP contribution in [0.25, 0.3) is 0 Å². The number of rotatable bonds is 11. The molecule has 1 amide bonds. The minimum Gasteiger partial charge on any atom is -0.460 e. The number of aliphatic hydroxyl groups is 3. The number of hydrogen-bond donors (Lipinski definition) is 4. The van der Waals surface area contributed by atoms with Crippen LogP contribution in [-0.2, 0) is 57.7 Å². The van der Waals surface area contributed by atoms with Crippen LogP contribution in [0.1, 0.15) is 126 Å². The summed E-state index contributed by atoms with van der Waals surface area (Å²) in [5, 5.41) is 32.7. The molecule has 396 valence electrons. The molecular weight excluding hydrogens is 925 g/mol. The van der Waals surface area contributed by atoms with Gasteiger partial charge in [-0.3, -0.25) is 19.2 Å². The van der Waals surface area contributed by atoms with Gasteiger partial charge in [0.25, 0.3) is 11.7 Å². The number of cyclic esters (lactones) is 1. The van der Waals surface area contributed by atoms with E-state index in [4.69, 9.17) is 23.7 Å². The average molecular weight is 1010 g/mol. The van der Waals surface area contributed by atoms with Crippen LogP contribution >= 0.6 is 0 Å². The molecule has 7 unspecified atom stereocenters. The molecule has 2 saturated carbocycles. The van der Waals surface area contributed by atoms with Gasteiger partial charge in [-0.05, 0) is 109 Å². The number of nitrogens with zero attached hydrogens (tertiary/aromatic N) is 1. The summed E-state index contributed by atoms with van der Waals surface area (Å²) in [4.78, 5) is 70.8. The molecule has 18 heteroatoms. The summed E-state index contributed by atoms with van der Waals surface area (Å²) in [5.41, 5.74) is 0.908. The first-order valence-electron chi connectivity index (χ1n) is 25.1. The number of ether oxygens (including phenoxy) is 5. The van der Waals surface area contributed by atoms with Crippen molar-refractivity contribution in [3.63, 3.8) is 0 Å². The van der Waals surface area contributed by atoms with Crippen molar-refractivity contribution in [2.75, 3.05) is 33.6 Å². The molecule has 4 aliphatic rings. The van der Waals surface area contributed by atoms with Gasteiger partial charge in [-0.2, -0.15) is 0 Å². The number of amides is 1. The van der Waals surface area contributed by atoms with Crippen molar-refractivity contribution in [3.05, 3.63) is 47.6 Å². The molecule has 0 spiro atoms. The molecule has 70 heavy (non-hydrogen) atoms. The predicted molar refractivity (Wildman–Crippen MR) is 262 cm³/mol. The topological polar surface area (TPSA) is 242 Å². The van der Waals surface area contributed by atoms with Gasteiger partial charge in [-0.1, -0.05) is 69.7 Å². The van der Waals surface area contributed by atoms with Gasteiger partial charge in [-0.15, -0.1) is 0 Å². The van der Waals surface area contributed by atoms with Crippen LogP contribution in [0.15, 0.2) is 47.6 Å². The quantitative estimate of drug-likeness (QED) is 0.123. The van der Waals surface area contributed by atoms with Crippen molar-refractivity contribution in [1.82, 2.24) is 9.62 Å². The summed E-state index contributed by atoms with van der Waals surface area (Å²) in [6.45, 7) is 11.0. The Balaban J connectivity index is 1.67. The standard InChI is InChI=1S/C52H82N2O15S/c1-31-16-14-12-11-13-15-17-32(2)46(57)48(66-10)47(58)35(5)26-33(3)42(56)30-44(34(4)27-38-19-23-43(45(28-38)65-9)67-39-21-22-39)68-51(61)37(7)54(8)50(60)49(59)52(62)36(6)18-20-40(69-52)29-41(31)53-70(63,64)25-24-55/h11-14,16,26,32-34,36-41,43-45,47-48,53,55,58,62H,15,17-25,27-30H2,1-10H3/b13-11-,14-12-,31-16-,35-26-/t32?,33?,34-,36+,37?,38+,40-,41?,43-,44?,45-,47?,48?,52+/m1/s1. The zero-order chi connectivity index (χ0) is 52.1. The van der Waals surface area contributed by atoms with Gasteiger partial charge >= 0.3 is 5.97 Å². The second kappa shape index (κ2) is 27.0. The number of carbonyl (C=O) groups excluding carboxylic acids is 5. The number of carbonyl (C=O) groups is 5. The Bertz CT molecular complexity index is 2030. The Morgan fingerprint density at radius 3 is 2.24 bits per heavy atom. The predicted octanol–water partition coefficient (Wildman–Crippen LogP) is 4.85. The monoisotopic (exact) mass is 1010 g/mol. The normalized spacial score (nSPS) is 37.7. The molecule has 2 bridgehead atoms. The Morgan fingerprint density at radius 2 is 1.60 bits per heavy atom. The molecule has 3 fully saturated rings. The van der Waals surface area contributed by atoms with Gasteiger partial charge in [0.2, 0.25) is 15.8 Å². The molecule has 4 rings (SSSR count). The van der Waals surface area contributed by atoms with Crippen LogP contribution in [0, 0.1) is 29.6 Å². The zero-order valence-corrected chi connectivity index (χ0v) is 43.9. The minimum atomic E-state index is -3.99. The molecule has 1 saturated heterocycles. The first kappa shape index (κ1) is 59.1. The van der Waals surface area contributed by atoms with Crippen molar-refractivity contribution >= 4 is 39.2 Å². The van der Waals surface area contributed by atoms with Crippen molar-refractivity contribution < 1.29 is 71.4 Å². The summed E-state index contributed by atoms with van der Waals surface area (Å²) in [5.74, 6) is -9.52. The van der Waals surface area contributed by atoms with E-state index in [-0.39, 0.29) is 61.0 Å². The third-order valence-corrected chi connectivity index (χ3v) is 16.1. The molecule has 17 nitrogen and oxygen atoms in total. The molecule has 0 aromatic rings. The Hall–Kier alpha value is -3.46. The Labute approximate surface area is 415 Å². The molecule has 0 aromatic heterocycles. The van der Waals surface area contributed by atoms with Gasteiger partial charge < -0.3 is 43.9 Å².